The van der Waals surface area contributed by atoms with E-state index in [0.29, 0.717) is 12.8 Å². The van der Waals surface area contributed by atoms with E-state index in [2.05, 4.69) is 10.6 Å². The van der Waals surface area contributed by atoms with E-state index in [0.717, 1.165) is 11.6 Å². The molecule has 0 radical (unpaired) electrons. The van der Waals surface area contributed by atoms with Gasteiger partial charge in [-0.3, -0.25) is 9.59 Å². The normalized spacial score (nSPS) is 15.2. The number of halogens is 3. The molecule has 136 valence electrons. The Morgan fingerprint density at radius 2 is 1.54 bits per heavy atom. The highest BCUT2D eigenvalue weighted by atomic mass is 19.4. The molecule has 2 amide bonds. The van der Waals surface area contributed by atoms with Crippen molar-refractivity contribution in [1.29, 1.82) is 0 Å². The van der Waals surface area contributed by atoms with E-state index in [-0.39, 0.29) is 12.2 Å². The second kappa shape index (κ2) is 6.82. The predicted molar refractivity (Wildman–Crippen MR) is 90.0 cm³/mol. The Hall–Kier alpha value is -2.83. The molecule has 2 aromatic rings. The lowest BCUT2D eigenvalue weighted by Gasteiger charge is -2.18. The van der Waals surface area contributed by atoms with E-state index < -0.39 is 29.0 Å². The minimum atomic E-state index is -4.59. The van der Waals surface area contributed by atoms with E-state index in [1.165, 1.54) is 18.2 Å². The summed E-state index contributed by atoms with van der Waals surface area (Å²) < 4.78 is 39.1. The lowest BCUT2D eigenvalue weighted by Crippen LogP contribution is -2.39. The molecule has 0 aromatic heterocycles. The summed E-state index contributed by atoms with van der Waals surface area (Å²) in [5, 5.41) is 4.97. The minimum Gasteiger partial charge on any atom is -0.351 e. The summed E-state index contributed by atoms with van der Waals surface area (Å²) in [5.41, 5.74) is -1.70. The van der Waals surface area contributed by atoms with Gasteiger partial charge in [-0.05, 0) is 30.5 Å². The topological polar surface area (TPSA) is 58.2 Å². The Kier molecular flexibility index (Phi) is 4.71. The van der Waals surface area contributed by atoms with Gasteiger partial charge in [0.15, 0.2) is 0 Å². The van der Waals surface area contributed by atoms with Crippen LogP contribution in [0.15, 0.2) is 54.6 Å². The van der Waals surface area contributed by atoms with Crippen LogP contribution < -0.4 is 10.6 Å². The predicted octanol–water partition coefficient (Wildman–Crippen LogP) is 3.74. The van der Waals surface area contributed by atoms with Gasteiger partial charge in [0.25, 0.3) is 0 Å². The monoisotopic (exact) mass is 362 g/mol. The number of amides is 2. The number of anilines is 1. The highest BCUT2D eigenvalue weighted by Crippen LogP contribution is 2.47. The lowest BCUT2D eigenvalue weighted by molar-refractivity contribution is -0.137. The number of carbonyl (C=O) groups excluding carboxylic acids is 2. The van der Waals surface area contributed by atoms with Crippen molar-refractivity contribution in [2.45, 2.75) is 25.6 Å². The zero-order valence-electron chi connectivity index (χ0n) is 13.8. The molecule has 1 aliphatic rings. The third-order valence-electron chi connectivity index (χ3n) is 4.40. The Labute approximate surface area is 148 Å². The van der Waals surface area contributed by atoms with Crippen LogP contribution in [-0.4, -0.2) is 11.8 Å². The summed E-state index contributed by atoms with van der Waals surface area (Å²) in [6.45, 7) is 0.258. The van der Waals surface area contributed by atoms with Crippen LogP contribution in [0.1, 0.15) is 24.0 Å². The molecule has 0 heterocycles. The van der Waals surface area contributed by atoms with Gasteiger partial charge in [-0.2, -0.15) is 13.2 Å². The third kappa shape index (κ3) is 3.71. The minimum absolute atomic E-state index is 0.258. The number of carbonyl (C=O) groups is 2. The van der Waals surface area contributed by atoms with Gasteiger partial charge in [0.1, 0.15) is 5.41 Å². The first-order valence-electron chi connectivity index (χ1n) is 8.13. The molecule has 1 aliphatic carbocycles. The second-order valence-corrected chi connectivity index (χ2v) is 6.25. The number of rotatable bonds is 5. The fraction of sp³-hybridized carbons (Fsp3) is 0.263. The Bertz CT molecular complexity index is 815. The molecule has 1 fully saturated rings. The van der Waals surface area contributed by atoms with Crippen molar-refractivity contribution < 1.29 is 22.8 Å². The lowest BCUT2D eigenvalue weighted by atomic mass is 10.0. The van der Waals surface area contributed by atoms with Gasteiger partial charge in [0.2, 0.25) is 11.8 Å². The zero-order chi connectivity index (χ0) is 18.8. The second-order valence-electron chi connectivity index (χ2n) is 6.25. The molecule has 3 rings (SSSR count). The summed E-state index contributed by atoms with van der Waals surface area (Å²) >= 11 is 0. The zero-order valence-corrected chi connectivity index (χ0v) is 13.8. The Balaban J connectivity index is 1.69. The van der Waals surface area contributed by atoms with Gasteiger partial charge in [-0.15, -0.1) is 0 Å². The molecular weight excluding hydrogens is 345 g/mol. The molecule has 2 aromatic carbocycles. The smallest absolute Gasteiger partial charge is 0.351 e. The van der Waals surface area contributed by atoms with E-state index in [1.54, 1.807) is 0 Å². The highest BCUT2D eigenvalue weighted by molar-refractivity contribution is 6.13. The molecule has 0 bridgehead atoms. The molecule has 0 saturated heterocycles. The fourth-order valence-electron chi connectivity index (χ4n) is 2.71. The highest BCUT2D eigenvalue weighted by Gasteiger charge is 2.56. The molecule has 0 spiro atoms. The molecular formula is C19H17F3N2O2. The summed E-state index contributed by atoms with van der Waals surface area (Å²) in [6, 6.07) is 13.9. The van der Waals surface area contributed by atoms with Crippen LogP contribution in [0.3, 0.4) is 0 Å². The largest absolute Gasteiger partial charge is 0.418 e. The van der Waals surface area contributed by atoms with Gasteiger partial charge < -0.3 is 10.6 Å². The van der Waals surface area contributed by atoms with E-state index in [9.17, 15) is 22.8 Å². The van der Waals surface area contributed by atoms with Crippen molar-refractivity contribution in [1.82, 2.24) is 5.32 Å². The van der Waals surface area contributed by atoms with Crippen LogP contribution in [0.25, 0.3) is 0 Å². The third-order valence-corrected chi connectivity index (χ3v) is 4.40. The van der Waals surface area contributed by atoms with Crippen LogP contribution >= 0.6 is 0 Å². The van der Waals surface area contributed by atoms with Crippen molar-refractivity contribution >= 4 is 17.5 Å². The molecule has 7 heteroatoms. The number of hydrogen-bond donors (Lipinski definition) is 2. The fourth-order valence-corrected chi connectivity index (χ4v) is 2.71. The number of alkyl halides is 3. The summed E-state index contributed by atoms with van der Waals surface area (Å²) in [4.78, 5) is 24.9. The maximum atomic E-state index is 13.0. The molecule has 1 saturated carbocycles. The number of benzene rings is 2. The molecule has 0 unspecified atom stereocenters. The Morgan fingerprint density at radius 1 is 0.923 bits per heavy atom. The standard InChI is InChI=1S/C19H17F3N2O2/c20-19(21,22)14-8-4-5-9-15(14)24-17(26)18(10-11-18)16(25)23-12-13-6-2-1-3-7-13/h1-9H,10-12H2,(H,23,25)(H,24,26). The van der Waals surface area contributed by atoms with Crippen LogP contribution in [-0.2, 0) is 22.3 Å². The van der Waals surface area contributed by atoms with E-state index in [4.69, 9.17) is 0 Å². The molecule has 0 aliphatic heterocycles. The average Bonchev–Trinajstić information content (AvgIpc) is 3.42. The molecule has 26 heavy (non-hydrogen) atoms. The first kappa shape index (κ1) is 18.0. The molecule has 4 nitrogen and oxygen atoms in total. The van der Waals surface area contributed by atoms with Crippen molar-refractivity contribution in [2.75, 3.05) is 5.32 Å². The maximum Gasteiger partial charge on any atom is 0.418 e. The van der Waals surface area contributed by atoms with Gasteiger partial charge >= 0.3 is 6.18 Å². The Morgan fingerprint density at radius 3 is 2.15 bits per heavy atom. The average molecular weight is 362 g/mol. The number of nitrogens with one attached hydrogen (secondary N) is 2. The van der Waals surface area contributed by atoms with Crippen molar-refractivity contribution in [3.8, 4) is 0 Å². The summed E-state index contributed by atoms with van der Waals surface area (Å²) in [6.07, 6.45) is -3.96. The van der Waals surface area contributed by atoms with Crippen LogP contribution in [0.5, 0.6) is 0 Å². The van der Waals surface area contributed by atoms with Crippen LogP contribution in [0, 0.1) is 5.41 Å². The SMILES string of the molecule is O=C(NCc1ccccc1)C1(C(=O)Nc2ccccc2C(F)(F)F)CC1. The molecule has 0 atom stereocenters. The molecule has 2 N–H and O–H groups in total. The van der Waals surface area contributed by atoms with Gasteiger partial charge in [-0.1, -0.05) is 42.5 Å². The maximum absolute atomic E-state index is 13.0. The van der Waals surface area contributed by atoms with Gasteiger partial charge in [0, 0.05) is 6.54 Å². The van der Waals surface area contributed by atoms with Crippen molar-refractivity contribution in [3.63, 3.8) is 0 Å². The summed E-state index contributed by atoms with van der Waals surface area (Å²) in [7, 11) is 0. The quantitative estimate of drug-likeness (QED) is 0.796. The van der Waals surface area contributed by atoms with Crippen molar-refractivity contribution in [2.24, 2.45) is 5.41 Å². The van der Waals surface area contributed by atoms with E-state index in [1.807, 2.05) is 30.3 Å². The van der Waals surface area contributed by atoms with Crippen molar-refractivity contribution in [3.05, 3.63) is 65.7 Å². The number of para-hydroxylation sites is 1. The first-order chi connectivity index (χ1) is 12.3. The van der Waals surface area contributed by atoms with Gasteiger partial charge in [-0.25, -0.2) is 0 Å². The first-order valence-corrected chi connectivity index (χ1v) is 8.13. The van der Waals surface area contributed by atoms with Crippen LogP contribution in [0.2, 0.25) is 0 Å². The van der Waals surface area contributed by atoms with Gasteiger partial charge in [0.05, 0.1) is 11.3 Å². The summed E-state index contributed by atoms with van der Waals surface area (Å²) in [5.74, 6) is -1.18. The van der Waals surface area contributed by atoms with Crippen LogP contribution in [0.4, 0.5) is 18.9 Å². The van der Waals surface area contributed by atoms with E-state index >= 15 is 0 Å². The number of hydrogen-bond acceptors (Lipinski definition) is 2.